The average Bonchev–Trinajstić information content (AvgIpc) is 2.72. The number of likely N-dealkylation sites (tertiary alicyclic amines) is 1. The number of amides is 2. The Balaban J connectivity index is 1.44. The second-order valence-electron chi connectivity index (χ2n) is 7.89. The Labute approximate surface area is 172 Å². The van der Waals surface area contributed by atoms with Gasteiger partial charge < -0.3 is 20.1 Å². The molecule has 156 valence electrons. The van der Waals surface area contributed by atoms with Gasteiger partial charge in [0.25, 0.3) is 5.56 Å². The number of carbonyl (C=O) groups is 1. The highest BCUT2D eigenvalue weighted by molar-refractivity contribution is 5.74. The fraction of sp³-hybridized carbons (Fsp3) is 0.500. The Hall–Kier alpha value is -2.67. The molecule has 0 saturated carbocycles. The summed E-state index contributed by atoms with van der Waals surface area (Å²) in [5.74, 6) is 0. The van der Waals surface area contributed by atoms with Crippen LogP contribution in [0.15, 0.2) is 35.4 Å². The summed E-state index contributed by atoms with van der Waals surface area (Å²) in [6.45, 7) is 7.01. The van der Waals surface area contributed by atoms with Crippen molar-refractivity contribution in [3.05, 3.63) is 63.3 Å². The molecule has 2 aromatic rings. The van der Waals surface area contributed by atoms with E-state index in [9.17, 15) is 9.59 Å². The standard InChI is InChI=1S/C22H31N5O2/c1-16-14-17(2)25-21(28)20(16)15-24-22(29)26(3)19-7-12-27(13-8-19)11-6-18-4-9-23-10-5-18/h4-5,9-10,14,19H,6-8,11-13,15H2,1-3H3,(H,24,29)(H,25,28). The van der Waals surface area contributed by atoms with Gasteiger partial charge in [-0.25, -0.2) is 4.79 Å². The van der Waals surface area contributed by atoms with E-state index in [1.54, 1.807) is 4.90 Å². The number of aryl methyl sites for hydroxylation is 2. The van der Waals surface area contributed by atoms with Crippen LogP contribution in [0.5, 0.6) is 0 Å². The zero-order chi connectivity index (χ0) is 20.8. The van der Waals surface area contributed by atoms with E-state index in [-0.39, 0.29) is 24.2 Å². The van der Waals surface area contributed by atoms with E-state index >= 15 is 0 Å². The van der Waals surface area contributed by atoms with Crippen LogP contribution in [-0.4, -0.2) is 58.5 Å². The van der Waals surface area contributed by atoms with Gasteiger partial charge in [-0.2, -0.15) is 0 Å². The van der Waals surface area contributed by atoms with Crippen molar-refractivity contribution >= 4 is 6.03 Å². The Morgan fingerprint density at radius 3 is 2.62 bits per heavy atom. The number of pyridine rings is 2. The molecule has 1 aliphatic heterocycles. The zero-order valence-corrected chi connectivity index (χ0v) is 17.6. The third-order valence-electron chi connectivity index (χ3n) is 5.80. The van der Waals surface area contributed by atoms with Crippen LogP contribution >= 0.6 is 0 Å². The van der Waals surface area contributed by atoms with Gasteiger partial charge in [-0.15, -0.1) is 0 Å². The maximum Gasteiger partial charge on any atom is 0.317 e. The number of piperidine rings is 1. The molecule has 3 heterocycles. The highest BCUT2D eigenvalue weighted by Gasteiger charge is 2.25. The number of carbonyl (C=O) groups excluding carboxylic acids is 1. The van der Waals surface area contributed by atoms with Crippen LogP contribution < -0.4 is 10.9 Å². The van der Waals surface area contributed by atoms with Gasteiger partial charge in [0.05, 0.1) is 6.54 Å². The zero-order valence-electron chi connectivity index (χ0n) is 17.6. The molecule has 1 aliphatic rings. The van der Waals surface area contributed by atoms with Crippen LogP contribution in [0.4, 0.5) is 4.79 Å². The van der Waals surface area contributed by atoms with E-state index in [1.165, 1.54) is 5.56 Å². The highest BCUT2D eigenvalue weighted by Crippen LogP contribution is 2.16. The number of hydrogen-bond donors (Lipinski definition) is 2. The number of urea groups is 1. The molecular weight excluding hydrogens is 366 g/mol. The van der Waals surface area contributed by atoms with Gasteiger partial charge in [0.15, 0.2) is 0 Å². The number of hydrogen-bond acceptors (Lipinski definition) is 4. The largest absolute Gasteiger partial charge is 0.334 e. The molecule has 3 rings (SSSR count). The number of nitrogens with one attached hydrogen (secondary N) is 2. The molecule has 0 radical (unpaired) electrons. The van der Waals surface area contributed by atoms with Crippen molar-refractivity contribution in [1.29, 1.82) is 0 Å². The third kappa shape index (κ3) is 5.67. The molecule has 29 heavy (non-hydrogen) atoms. The van der Waals surface area contributed by atoms with Crippen LogP contribution in [0.1, 0.15) is 35.2 Å². The van der Waals surface area contributed by atoms with Gasteiger partial charge in [0, 0.05) is 56.4 Å². The fourth-order valence-corrected chi connectivity index (χ4v) is 3.92. The quantitative estimate of drug-likeness (QED) is 0.783. The lowest BCUT2D eigenvalue weighted by atomic mass is 10.0. The molecule has 2 amide bonds. The van der Waals surface area contributed by atoms with E-state index in [1.807, 2.05) is 39.4 Å². The van der Waals surface area contributed by atoms with Gasteiger partial charge in [-0.05, 0) is 62.4 Å². The Morgan fingerprint density at radius 1 is 1.28 bits per heavy atom. The molecule has 1 fully saturated rings. The molecule has 0 aromatic carbocycles. The van der Waals surface area contributed by atoms with Crippen molar-refractivity contribution in [2.45, 2.75) is 45.7 Å². The SMILES string of the molecule is Cc1cc(C)c(CNC(=O)N(C)C2CCN(CCc3ccncc3)CC2)c(=O)[nH]1. The summed E-state index contributed by atoms with van der Waals surface area (Å²) in [6, 6.07) is 6.15. The summed E-state index contributed by atoms with van der Waals surface area (Å²) in [4.78, 5) is 35.8. The summed E-state index contributed by atoms with van der Waals surface area (Å²) >= 11 is 0. The molecule has 1 saturated heterocycles. The first-order valence-electron chi connectivity index (χ1n) is 10.3. The van der Waals surface area contributed by atoms with Gasteiger partial charge in [0.1, 0.15) is 0 Å². The molecule has 2 aromatic heterocycles. The van der Waals surface area contributed by atoms with Crippen LogP contribution in [-0.2, 0) is 13.0 Å². The number of H-pyrrole nitrogens is 1. The maximum absolute atomic E-state index is 12.6. The van der Waals surface area contributed by atoms with Crippen molar-refractivity contribution in [3.63, 3.8) is 0 Å². The monoisotopic (exact) mass is 397 g/mol. The first-order valence-corrected chi connectivity index (χ1v) is 10.3. The van der Waals surface area contributed by atoms with Crippen molar-refractivity contribution in [1.82, 2.24) is 25.1 Å². The second-order valence-corrected chi connectivity index (χ2v) is 7.89. The lowest BCUT2D eigenvalue weighted by Gasteiger charge is -2.36. The number of nitrogens with zero attached hydrogens (tertiary/aromatic N) is 3. The molecule has 2 N–H and O–H groups in total. The van der Waals surface area contributed by atoms with E-state index in [2.05, 4.69) is 32.3 Å². The molecule has 0 spiro atoms. The van der Waals surface area contributed by atoms with Crippen molar-refractivity contribution in [2.24, 2.45) is 0 Å². The topological polar surface area (TPSA) is 81.3 Å². The van der Waals surface area contributed by atoms with Crippen LogP contribution in [0.3, 0.4) is 0 Å². The minimum absolute atomic E-state index is 0.125. The summed E-state index contributed by atoms with van der Waals surface area (Å²) < 4.78 is 0. The summed E-state index contributed by atoms with van der Waals surface area (Å²) in [5, 5.41) is 2.90. The molecule has 0 unspecified atom stereocenters. The predicted molar refractivity (Wildman–Crippen MR) is 114 cm³/mol. The Bertz CT molecular complexity index is 873. The molecule has 7 nitrogen and oxygen atoms in total. The minimum atomic E-state index is -0.132. The van der Waals surface area contributed by atoms with Gasteiger partial charge in [-0.3, -0.25) is 9.78 Å². The maximum atomic E-state index is 12.6. The van der Waals surface area contributed by atoms with Crippen molar-refractivity contribution in [3.8, 4) is 0 Å². The van der Waals surface area contributed by atoms with Gasteiger partial charge >= 0.3 is 6.03 Å². The molecule has 0 bridgehead atoms. The first kappa shape index (κ1) is 21.0. The molecule has 0 aliphatic carbocycles. The third-order valence-corrected chi connectivity index (χ3v) is 5.80. The van der Waals surface area contributed by atoms with Crippen molar-refractivity contribution < 1.29 is 4.79 Å². The Morgan fingerprint density at radius 2 is 1.97 bits per heavy atom. The average molecular weight is 398 g/mol. The summed E-state index contributed by atoms with van der Waals surface area (Å²) in [7, 11) is 1.85. The molecule has 7 heteroatoms. The Kier molecular flexibility index (Phi) is 7.04. The predicted octanol–water partition coefficient (Wildman–Crippen LogP) is 2.24. The van der Waals surface area contributed by atoms with Crippen LogP contribution in [0.25, 0.3) is 0 Å². The fourth-order valence-electron chi connectivity index (χ4n) is 3.92. The first-order chi connectivity index (χ1) is 13.9. The number of aromatic nitrogens is 2. The highest BCUT2D eigenvalue weighted by atomic mass is 16.2. The minimum Gasteiger partial charge on any atom is -0.334 e. The van der Waals surface area contributed by atoms with E-state index in [0.717, 1.165) is 50.2 Å². The summed E-state index contributed by atoms with van der Waals surface area (Å²) in [6.07, 6.45) is 6.62. The molecular formula is C22H31N5O2. The van der Waals surface area contributed by atoms with Crippen LogP contribution in [0.2, 0.25) is 0 Å². The molecule has 0 atom stereocenters. The van der Waals surface area contributed by atoms with Gasteiger partial charge in [-0.1, -0.05) is 0 Å². The second kappa shape index (κ2) is 9.69. The van der Waals surface area contributed by atoms with E-state index in [0.29, 0.717) is 5.56 Å². The van der Waals surface area contributed by atoms with E-state index in [4.69, 9.17) is 0 Å². The smallest absolute Gasteiger partial charge is 0.317 e. The lowest BCUT2D eigenvalue weighted by Crippen LogP contribution is -2.49. The van der Waals surface area contributed by atoms with E-state index < -0.39 is 0 Å². The number of rotatable bonds is 6. The summed E-state index contributed by atoms with van der Waals surface area (Å²) in [5.41, 5.74) is 3.52. The van der Waals surface area contributed by atoms with Crippen molar-refractivity contribution in [2.75, 3.05) is 26.7 Å². The number of aromatic amines is 1. The lowest BCUT2D eigenvalue weighted by molar-refractivity contribution is 0.135. The van der Waals surface area contributed by atoms with Gasteiger partial charge in [0.2, 0.25) is 0 Å². The van der Waals surface area contributed by atoms with Crippen LogP contribution in [0, 0.1) is 13.8 Å². The normalized spacial score (nSPS) is 15.3.